The summed E-state index contributed by atoms with van der Waals surface area (Å²) in [7, 11) is -3.73. The Labute approximate surface area is 193 Å². The second-order valence-corrected chi connectivity index (χ2v) is 10.1. The minimum Gasteiger partial charge on any atom is -0.491 e. The van der Waals surface area contributed by atoms with Crippen LogP contribution in [0.5, 0.6) is 5.75 Å². The lowest BCUT2D eigenvalue weighted by atomic mass is 9.94. The molecule has 32 heavy (non-hydrogen) atoms. The van der Waals surface area contributed by atoms with Gasteiger partial charge in [0, 0.05) is 11.6 Å². The summed E-state index contributed by atoms with van der Waals surface area (Å²) in [5.74, 6) is 0.777. The van der Waals surface area contributed by atoms with Crippen molar-refractivity contribution in [3.63, 3.8) is 0 Å². The summed E-state index contributed by atoms with van der Waals surface area (Å²) in [4.78, 5) is 4.52. The topological polar surface area (TPSA) is 94.3 Å². The summed E-state index contributed by atoms with van der Waals surface area (Å²) in [5, 5.41) is 11.2. The predicted molar refractivity (Wildman–Crippen MR) is 131 cm³/mol. The Balaban J connectivity index is 1.90. The molecule has 2 aromatic carbocycles. The lowest BCUT2D eigenvalue weighted by molar-refractivity contribution is 0.242. The van der Waals surface area contributed by atoms with E-state index in [4.69, 9.17) is 9.88 Å². The van der Waals surface area contributed by atoms with E-state index in [0.29, 0.717) is 6.42 Å². The fourth-order valence-corrected chi connectivity index (χ4v) is 4.22. The molecule has 3 N–H and O–H groups in total. The first-order valence-corrected chi connectivity index (χ1v) is 12.5. The first kappa shape index (κ1) is 23.7. The van der Waals surface area contributed by atoms with Gasteiger partial charge in [-0.05, 0) is 73.7 Å². The number of thiazole rings is 1. The van der Waals surface area contributed by atoms with E-state index in [1.165, 1.54) is 23.5 Å². The number of nitrogens with one attached hydrogen (secondary N) is 1. The minimum absolute atomic E-state index is 0.0701. The molecule has 1 heterocycles. The zero-order valence-corrected chi connectivity index (χ0v) is 20.0. The molecule has 3 aromatic rings. The van der Waals surface area contributed by atoms with Crippen molar-refractivity contribution in [1.82, 2.24) is 4.98 Å². The molecule has 3 rings (SSSR count). The van der Waals surface area contributed by atoms with Crippen LogP contribution in [0.1, 0.15) is 30.7 Å². The lowest BCUT2D eigenvalue weighted by Crippen LogP contribution is -2.12. The van der Waals surface area contributed by atoms with Crippen LogP contribution in [-0.2, 0) is 16.4 Å². The van der Waals surface area contributed by atoms with Gasteiger partial charge in [0.25, 0.3) is 0 Å². The molecule has 8 heteroatoms. The number of anilines is 1. The van der Waals surface area contributed by atoms with E-state index >= 15 is 0 Å². The van der Waals surface area contributed by atoms with Crippen LogP contribution in [0, 0.1) is 6.92 Å². The van der Waals surface area contributed by atoms with Crippen LogP contribution in [0.3, 0.4) is 0 Å². The highest BCUT2D eigenvalue weighted by Crippen LogP contribution is 2.28. The molecule has 0 saturated heterocycles. The zero-order chi connectivity index (χ0) is 23.3. The molecule has 0 aliphatic heterocycles. The third kappa shape index (κ3) is 6.53. The molecule has 0 aliphatic rings. The largest absolute Gasteiger partial charge is 0.491 e. The van der Waals surface area contributed by atoms with Gasteiger partial charge in [-0.1, -0.05) is 30.8 Å². The van der Waals surface area contributed by atoms with E-state index in [1.54, 1.807) is 12.1 Å². The fraction of sp³-hybridized carbons (Fsp3) is 0.208. The summed E-state index contributed by atoms with van der Waals surface area (Å²) in [6.07, 6.45) is 2.50. The number of sulfonamides is 1. The van der Waals surface area contributed by atoms with Crippen molar-refractivity contribution in [2.24, 2.45) is 5.14 Å². The average Bonchev–Trinajstić information content (AvgIpc) is 3.15. The number of benzene rings is 2. The molecule has 0 bridgehead atoms. The SMILES string of the molecule is C=C(/C(=C\Nc1nc(C)cs1)Cc1ccc(S(N)(=O)=O)cc1)c1cccc(OC(C)C)c1. The molecular formula is C24H27N3O3S2. The molecular weight excluding hydrogens is 442 g/mol. The van der Waals surface area contributed by atoms with E-state index in [2.05, 4.69) is 16.9 Å². The predicted octanol–water partition coefficient (Wildman–Crippen LogP) is 5.14. The Bertz CT molecular complexity index is 1230. The van der Waals surface area contributed by atoms with Crippen molar-refractivity contribution in [3.8, 4) is 5.75 Å². The first-order valence-electron chi connectivity index (χ1n) is 10.1. The molecule has 0 unspecified atom stereocenters. The highest BCUT2D eigenvalue weighted by atomic mass is 32.2. The number of aryl methyl sites for hydroxylation is 1. The molecule has 168 valence electrons. The molecule has 0 amide bonds. The molecule has 0 fully saturated rings. The maximum Gasteiger partial charge on any atom is 0.238 e. The van der Waals surface area contributed by atoms with Crippen molar-refractivity contribution < 1.29 is 13.2 Å². The van der Waals surface area contributed by atoms with Gasteiger partial charge in [0.05, 0.1) is 16.7 Å². The second kappa shape index (κ2) is 10.1. The number of hydrogen-bond donors (Lipinski definition) is 2. The highest BCUT2D eigenvalue weighted by Gasteiger charge is 2.12. The van der Waals surface area contributed by atoms with Gasteiger partial charge in [-0.25, -0.2) is 18.5 Å². The minimum atomic E-state index is -3.73. The summed E-state index contributed by atoms with van der Waals surface area (Å²) in [6.45, 7) is 10.2. The van der Waals surface area contributed by atoms with E-state index in [0.717, 1.165) is 38.8 Å². The van der Waals surface area contributed by atoms with E-state index in [-0.39, 0.29) is 11.0 Å². The highest BCUT2D eigenvalue weighted by molar-refractivity contribution is 7.89. The van der Waals surface area contributed by atoms with Crippen molar-refractivity contribution in [2.75, 3.05) is 5.32 Å². The van der Waals surface area contributed by atoms with Gasteiger partial charge in [-0.15, -0.1) is 11.3 Å². The second-order valence-electron chi connectivity index (χ2n) is 7.65. The lowest BCUT2D eigenvalue weighted by Gasteiger charge is -2.15. The molecule has 0 saturated carbocycles. The molecule has 0 radical (unpaired) electrons. The van der Waals surface area contributed by atoms with Gasteiger partial charge in [0.2, 0.25) is 10.0 Å². The van der Waals surface area contributed by atoms with Gasteiger partial charge in [-0.2, -0.15) is 0 Å². The van der Waals surface area contributed by atoms with Gasteiger partial charge < -0.3 is 10.1 Å². The van der Waals surface area contributed by atoms with Crippen LogP contribution in [0.25, 0.3) is 5.57 Å². The van der Waals surface area contributed by atoms with Crippen LogP contribution < -0.4 is 15.2 Å². The number of aromatic nitrogens is 1. The third-order valence-electron chi connectivity index (χ3n) is 4.58. The number of primary sulfonamides is 1. The smallest absolute Gasteiger partial charge is 0.238 e. The van der Waals surface area contributed by atoms with Crippen molar-refractivity contribution in [3.05, 3.63) is 89.1 Å². The molecule has 6 nitrogen and oxygen atoms in total. The maximum absolute atomic E-state index is 11.6. The summed E-state index contributed by atoms with van der Waals surface area (Å²) in [6, 6.07) is 14.4. The van der Waals surface area contributed by atoms with E-state index < -0.39 is 10.0 Å². The quantitative estimate of drug-likeness (QED) is 0.423. The van der Waals surface area contributed by atoms with E-state index in [9.17, 15) is 8.42 Å². The number of nitrogens with zero attached hydrogens (tertiary/aromatic N) is 1. The molecule has 1 aromatic heterocycles. The summed E-state index contributed by atoms with van der Waals surface area (Å²) in [5.41, 5.74) is 4.57. The number of hydrogen-bond acceptors (Lipinski definition) is 6. The summed E-state index contributed by atoms with van der Waals surface area (Å²) < 4.78 is 28.9. The maximum atomic E-state index is 11.6. The Morgan fingerprint density at radius 3 is 2.56 bits per heavy atom. The fourth-order valence-electron chi connectivity index (χ4n) is 3.05. The molecule has 0 spiro atoms. The first-order chi connectivity index (χ1) is 15.1. The van der Waals surface area contributed by atoms with Crippen LogP contribution in [0.15, 0.2) is 77.2 Å². The van der Waals surface area contributed by atoms with Crippen LogP contribution in [-0.4, -0.2) is 19.5 Å². The Morgan fingerprint density at radius 2 is 1.97 bits per heavy atom. The van der Waals surface area contributed by atoms with E-state index in [1.807, 2.05) is 56.6 Å². The Kier molecular flexibility index (Phi) is 7.50. The monoisotopic (exact) mass is 469 g/mol. The normalized spacial score (nSPS) is 12.1. The number of nitrogens with two attached hydrogens (primary N) is 1. The number of allylic oxidation sites excluding steroid dienone is 2. The third-order valence-corrected chi connectivity index (χ3v) is 6.40. The van der Waals surface area contributed by atoms with Crippen molar-refractivity contribution >= 4 is 32.1 Å². The van der Waals surface area contributed by atoms with Gasteiger partial charge in [0.1, 0.15) is 5.75 Å². The standard InChI is InChI=1S/C24H27N3O3S2/c1-16(2)30-22-7-5-6-20(13-22)18(4)21(14-26-24-27-17(3)15-31-24)12-19-8-10-23(11-9-19)32(25,28)29/h5-11,13-16H,4,12H2,1-3H3,(H,26,27)(H2,25,28,29)/b21-14-. The number of rotatable bonds is 9. The number of ether oxygens (including phenoxy) is 1. The molecule has 0 aliphatic carbocycles. The van der Waals surface area contributed by atoms with Crippen molar-refractivity contribution in [1.29, 1.82) is 0 Å². The Morgan fingerprint density at radius 1 is 1.25 bits per heavy atom. The van der Waals surface area contributed by atoms with Gasteiger partial charge in [-0.3, -0.25) is 0 Å². The van der Waals surface area contributed by atoms with Crippen molar-refractivity contribution in [2.45, 2.75) is 38.2 Å². The van der Waals surface area contributed by atoms with Gasteiger partial charge in [0.15, 0.2) is 5.13 Å². The van der Waals surface area contributed by atoms with Crippen LogP contribution >= 0.6 is 11.3 Å². The van der Waals surface area contributed by atoms with Crippen LogP contribution in [0.2, 0.25) is 0 Å². The Hall–Kier alpha value is -2.94. The van der Waals surface area contributed by atoms with Gasteiger partial charge >= 0.3 is 0 Å². The zero-order valence-electron chi connectivity index (χ0n) is 18.3. The average molecular weight is 470 g/mol. The van der Waals surface area contributed by atoms with Crippen LogP contribution in [0.4, 0.5) is 5.13 Å². The summed E-state index contributed by atoms with van der Waals surface area (Å²) >= 11 is 1.52. The molecule has 0 atom stereocenters.